The van der Waals surface area contributed by atoms with Crippen LogP contribution >= 0.6 is 47.1 Å². The molecule has 0 saturated carbocycles. The first-order chi connectivity index (χ1) is 13.2. The van der Waals surface area contributed by atoms with Gasteiger partial charge in [0, 0.05) is 49.3 Å². The monoisotopic (exact) mass is 531 g/mol. The Labute approximate surface area is 194 Å². The van der Waals surface area contributed by atoms with E-state index in [0.717, 1.165) is 42.8 Å². The third-order valence-electron chi connectivity index (χ3n) is 4.49. The van der Waals surface area contributed by atoms with Gasteiger partial charge < -0.3 is 15.1 Å². The summed E-state index contributed by atoms with van der Waals surface area (Å²) in [5.74, 6) is 3.37. The molecule has 8 heteroatoms. The number of aryl methyl sites for hydroxylation is 1. The Hall–Kier alpha value is -1.00. The number of halogens is 1. The van der Waals surface area contributed by atoms with Crippen LogP contribution in [-0.2, 0) is 13.1 Å². The standard InChI is InChI=1S/C20H29N5S2.HI/c1-4-21-20(24(3)14-18-15-27-16(2)23-18)22-13-17-5-7-19(8-6-17)25-9-11-26-12-10-25;/h5-8,15H,4,9-14H2,1-3H3,(H,21,22);1H. The van der Waals surface area contributed by atoms with Gasteiger partial charge in [-0.15, -0.1) is 35.3 Å². The van der Waals surface area contributed by atoms with E-state index in [4.69, 9.17) is 4.99 Å². The summed E-state index contributed by atoms with van der Waals surface area (Å²) in [4.78, 5) is 14.0. The number of nitrogens with one attached hydrogen (secondary N) is 1. The second kappa shape index (κ2) is 11.9. The van der Waals surface area contributed by atoms with Crippen LogP contribution in [0.5, 0.6) is 0 Å². The molecular formula is C20H30IN5S2. The Morgan fingerprint density at radius 2 is 1.96 bits per heavy atom. The number of benzene rings is 1. The van der Waals surface area contributed by atoms with Crippen molar-refractivity contribution in [1.82, 2.24) is 15.2 Å². The Bertz CT molecular complexity index is 741. The number of hydrogen-bond donors (Lipinski definition) is 1. The highest BCUT2D eigenvalue weighted by molar-refractivity contribution is 14.0. The van der Waals surface area contributed by atoms with Gasteiger partial charge in [-0.2, -0.15) is 11.8 Å². The summed E-state index contributed by atoms with van der Waals surface area (Å²) in [6, 6.07) is 8.87. The number of aliphatic imine (C=N–C) groups is 1. The quantitative estimate of drug-likeness (QED) is 0.344. The number of thioether (sulfide) groups is 1. The van der Waals surface area contributed by atoms with Gasteiger partial charge in [0.2, 0.25) is 0 Å². The molecule has 1 saturated heterocycles. The van der Waals surface area contributed by atoms with Crippen LogP contribution in [0.25, 0.3) is 0 Å². The van der Waals surface area contributed by atoms with Crippen LogP contribution in [0, 0.1) is 6.92 Å². The normalized spacial score (nSPS) is 14.5. The van der Waals surface area contributed by atoms with Crippen molar-refractivity contribution in [2.75, 3.05) is 43.1 Å². The molecule has 0 amide bonds. The first-order valence-electron chi connectivity index (χ1n) is 9.48. The van der Waals surface area contributed by atoms with Gasteiger partial charge in [0.15, 0.2) is 5.96 Å². The van der Waals surface area contributed by atoms with E-state index in [1.54, 1.807) is 11.3 Å². The molecule has 28 heavy (non-hydrogen) atoms. The van der Waals surface area contributed by atoms with Crippen LogP contribution in [0.2, 0.25) is 0 Å². The Balaban J connectivity index is 0.00000280. The molecule has 5 nitrogen and oxygen atoms in total. The van der Waals surface area contributed by atoms with E-state index in [2.05, 4.69) is 63.7 Å². The summed E-state index contributed by atoms with van der Waals surface area (Å²) < 4.78 is 0. The minimum atomic E-state index is 0. The predicted octanol–water partition coefficient (Wildman–Crippen LogP) is 4.22. The number of thiazole rings is 1. The molecule has 1 aliphatic rings. The van der Waals surface area contributed by atoms with E-state index in [0.29, 0.717) is 6.54 Å². The van der Waals surface area contributed by atoms with Gasteiger partial charge in [-0.3, -0.25) is 0 Å². The number of rotatable bonds is 6. The fraction of sp³-hybridized carbons (Fsp3) is 0.500. The van der Waals surface area contributed by atoms with Gasteiger partial charge in [-0.05, 0) is 31.5 Å². The number of guanidine groups is 1. The topological polar surface area (TPSA) is 43.8 Å². The maximum absolute atomic E-state index is 4.82. The zero-order chi connectivity index (χ0) is 19.1. The molecule has 1 aliphatic heterocycles. The van der Waals surface area contributed by atoms with Crippen LogP contribution in [0.1, 0.15) is 23.2 Å². The van der Waals surface area contributed by atoms with Crippen molar-refractivity contribution in [2.24, 2.45) is 4.99 Å². The van der Waals surface area contributed by atoms with Crippen molar-refractivity contribution in [2.45, 2.75) is 26.9 Å². The zero-order valence-corrected chi connectivity index (χ0v) is 20.8. The molecule has 0 bridgehead atoms. The smallest absolute Gasteiger partial charge is 0.194 e. The van der Waals surface area contributed by atoms with E-state index in [9.17, 15) is 0 Å². The molecule has 3 rings (SSSR count). The largest absolute Gasteiger partial charge is 0.370 e. The van der Waals surface area contributed by atoms with Crippen LogP contribution in [0.15, 0.2) is 34.6 Å². The molecule has 1 N–H and O–H groups in total. The summed E-state index contributed by atoms with van der Waals surface area (Å²) in [5.41, 5.74) is 3.65. The van der Waals surface area contributed by atoms with Crippen LogP contribution < -0.4 is 10.2 Å². The molecular weight excluding hydrogens is 501 g/mol. The minimum Gasteiger partial charge on any atom is -0.370 e. The fourth-order valence-electron chi connectivity index (χ4n) is 3.07. The molecule has 0 unspecified atom stereocenters. The van der Waals surface area contributed by atoms with E-state index in [-0.39, 0.29) is 24.0 Å². The molecule has 2 heterocycles. The SMILES string of the molecule is CCNC(=NCc1ccc(N2CCSCC2)cc1)N(C)Cc1csc(C)n1.I. The van der Waals surface area contributed by atoms with Crippen LogP contribution in [-0.4, -0.2) is 54.0 Å². The average molecular weight is 532 g/mol. The van der Waals surface area contributed by atoms with E-state index in [1.165, 1.54) is 22.8 Å². The highest BCUT2D eigenvalue weighted by Gasteiger charge is 2.11. The Kier molecular flexibility index (Phi) is 9.87. The lowest BCUT2D eigenvalue weighted by molar-refractivity contribution is 0.471. The summed E-state index contributed by atoms with van der Waals surface area (Å²) in [7, 11) is 2.06. The van der Waals surface area contributed by atoms with Crippen molar-refractivity contribution in [3.8, 4) is 0 Å². The summed E-state index contributed by atoms with van der Waals surface area (Å²) in [6.07, 6.45) is 0. The van der Waals surface area contributed by atoms with Crippen molar-refractivity contribution in [3.63, 3.8) is 0 Å². The number of aromatic nitrogens is 1. The molecule has 0 radical (unpaired) electrons. The third kappa shape index (κ3) is 6.81. The lowest BCUT2D eigenvalue weighted by Crippen LogP contribution is -2.38. The third-order valence-corrected chi connectivity index (χ3v) is 6.25. The lowest BCUT2D eigenvalue weighted by atomic mass is 10.2. The molecule has 1 fully saturated rings. The van der Waals surface area contributed by atoms with Gasteiger partial charge in [-0.25, -0.2) is 9.98 Å². The molecule has 154 valence electrons. The molecule has 2 aromatic rings. The number of hydrogen-bond acceptors (Lipinski definition) is 5. The molecule has 1 aromatic carbocycles. The molecule has 0 atom stereocenters. The maximum atomic E-state index is 4.82. The maximum Gasteiger partial charge on any atom is 0.194 e. The first-order valence-corrected chi connectivity index (χ1v) is 11.5. The van der Waals surface area contributed by atoms with Gasteiger partial charge in [0.25, 0.3) is 0 Å². The molecule has 1 aromatic heterocycles. The van der Waals surface area contributed by atoms with Gasteiger partial charge in [-0.1, -0.05) is 12.1 Å². The van der Waals surface area contributed by atoms with Crippen molar-refractivity contribution >= 4 is 58.7 Å². The fourth-order valence-corrected chi connectivity index (χ4v) is 4.58. The van der Waals surface area contributed by atoms with E-state index >= 15 is 0 Å². The van der Waals surface area contributed by atoms with Crippen molar-refractivity contribution < 1.29 is 0 Å². The van der Waals surface area contributed by atoms with E-state index < -0.39 is 0 Å². The highest BCUT2D eigenvalue weighted by Crippen LogP contribution is 2.20. The minimum absolute atomic E-state index is 0. The Morgan fingerprint density at radius 3 is 2.57 bits per heavy atom. The van der Waals surface area contributed by atoms with Crippen LogP contribution in [0.3, 0.4) is 0 Å². The first kappa shape index (κ1) is 23.3. The van der Waals surface area contributed by atoms with Crippen LogP contribution in [0.4, 0.5) is 5.69 Å². The second-order valence-corrected chi connectivity index (χ2v) is 8.94. The molecule has 0 aliphatic carbocycles. The van der Waals surface area contributed by atoms with Gasteiger partial charge >= 0.3 is 0 Å². The van der Waals surface area contributed by atoms with E-state index in [1.807, 2.05) is 18.7 Å². The van der Waals surface area contributed by atoms with Gasteiger partial charge in [0.1, 0.15) is 0 Å². The summed E-state index contributed by atoms with van der Waals surface area (Å²) in [5, 5.41) is 6.61. The predicted molar refractivity (Wildman–Crippen MR) is 135 cm³/mol. The zero-order valence-electron chi connectivity index (χ0n) is 16.9. The lowest BCUT2D eigenvalue weighted by Gasteiger charge is -2.28. The summed E-state index contributed by atoms with van der Waals surface area (Å²) in [6.45, 7) is 8.73. The van der Waals surface area contributed by atoms with Crippen molar-refractivity contribution in [1.29, 1.82) is 0 Å². The number of nitrogens with zero attached hydrogens (tertiary/aromatic N) is 4. The second-order valence-electron chi connectivity index (χ2n) is 6.65. The average Bonchev–Trinajstić information content (AvgIpc) is 3.10. The number of anilines is 1. The Morgan fingerprint density at radius 1 is 1.25 bits per heavy atom. The molecule has 0 spiro atoms. The van der Waals surface area contributed by atoms with Gasteiger partial charge in [0.05, 0.1) is 23.8 Å². The highest BCUT2D eigenvalue weighted by atomic mass is 127. The van der Waals surface area contributed by atoms with Crippen molar-refractivity contribution in [3.05, 3.63) is 45.9 Å². The summed E-state index contributed by atoms with van der Waals surface area (Å²) >= 11 is 3.73.